The summed E-state index contributed by atoms with van der Waals surface area (Å²) in [5, 5.41) is 14.7. The quantitative estimate of drug-likeness (QED) is 0.679. The minimum Gasteiger partial charge on any atom is -0.505 e. The van der Waals surface area contributed by atoms with E-state index in [0.29, 0.717) is 42.7 Å². The molecule has 2 N–H and O–H groups in total. The van der Waals surface area contributed by atoms with Gasteiger partial charge in [-0.1, -0.05) is 18.2 Å². The van der Waals surface area contributed by atoms with Gasteiger partial charge in [0.2, 0.25) is 0 Å². The van der Waals surface area contributed by atoms with Gasteiger partial charge in [0, 0.05) is 56.4 Å². The van der Waals surface area contributed by atoms with Gasteiger partial charge in [0.25, 0.3) is 11.8 Å². The number of rotatable bonds is 3. The monoisotopic (exact) mass is 420 g/mol. The van der Waals surface area contributed by atoms with Gasteiger partial charge >= 0.3 is 0 Å². The number of nitrogens with zero attached hydrogens (tertiary/aromatic N) is 3. The van der Waals surface area contributed by atoms with Crippen LogP contribution < -0.4 is 5.32 Å². The van der Waals surface area contributed by atoms with Gasteiger partial charge in [0.15, 0.2) is 5.75 Å². The maximum atomic E-state index is 13.5. The first kappa shape index (κ1) is 19.4. The van der Waals surface area contributed by atoms with Gasteiger partial charge < -0.3 is 20.2 Å². The van der Waals surface area contributed by atoms with Crippen molar-refractivity contribution in [3.05, 3.63) is 70.7 Å². The van der Waals surface area contributed by atoms with Crippen molar-refractivity contribution in [2.75, 3.05) is 26.2 Å². The smallest absolute Gasteiger partial charge is 0.258 e. The van der Waals surface area contributed by atoms with Crippen molar-refractivity contribution in [1.29, 1.82) is 0 Å². The molecule has 0 saturated carbocycles. The van der Waals surface area contributed by atoms with Gasteiger partial charge in [-0.15, -0.1) is 0 Å². The topological polar surface area (TPSA) is 85.8 Å². The lowest BCUT2D eigenvalue weighted by Gasteiger charge is -2.28. The molecule has 1 saturated heterocycles. The lowest BCUT2D eigenvalue weighted by Crippen LogP contribution is -2.46. The Balaban J connectivity index is 1.60. The van der Waals surface area contributed by atoms with Crippen molar-refractivity contribution in [1.82, 2.24) is 20.1 Å². The van der Waals surface area contributed by atoms with Crippen LogP contribution in [-0.4, -0.2) is 57.9 Å². The van der Waals surface area contributed by atoms with E-state index in [0.717, 1.165) is 5.56 Å². The molecule has 7 nitrogen and oxygen atoms in total. The largest absolute Gasteiger partial charge is 0.505 e. The van der Waals surface area contributed by atoms with Gasteiger partial charge in [-0.25, -0.2) is 4.39 Å². The number of amides is 2. The summed E-state index contributed by atoms with van der Waals surface area (Å²) in [4.78, 5) is 34.3. The summed E-state index contributed by atoms with van der Waals surface area (Å²) >= 11 is 0. The minimum atomic E-state index is -0.362. The highest BCUT2D eigenvalue weighted by Crippen LogP contribution is 2.40. The first-order valence-electron chi connectivity index (χ1n) is 10.2. The molecule has 8 heteroatoms. The number of halogens is 1. The lowest BCUT2D eigenvalue weighted by molar-refractivity contribution is 0.0729. The zero-order valence-corrected chi connectivity index (χ0v) is 16.8. The second-order valence-electron chi connectivity index (χ2n) is 7.81. The highest BCUT2D eigenvalue weighted by atomic mass is 19.1. The van der Waals surface area contributed by atoms with Gasteiger partial charge in [-0.2, -0.15) is 0 Å². The summed E-state index contributed by atoms with van der Waals surface area (Å²) in [6.45, 7) is 3.00. The Hall–Kier alpha value is -3.52. The lowest BCUT2D eigenvalue weighted by atomic mass is 9.95. The molecule has 5 rings (SSSR count). The number of carbonyl (C=O) groups is 2. The van der Waals surface area contributed by atoms with Crippen LogP contribution in [0.5, 0.6) is 5.75 Å². The molecule has 0 spiro atoms. The number of phenols is 1. The Morgan fingerprint density at radius 2 is 1.90 bits per heavy atom. The SMILES string of the molecule is O=C1c2c(c(C(=O)N3CCNCC3)c3cccnc3c2O)CN1Cc1ccc(F)cc1. The van der Waals surface area contributed by atoms with Crippen LogP contribution in [0, 0.1) is 5.82 Å². The van der Waals surface area contributed by atoms with Crippen LogP contribution in [0.25, 0.3) is 10.9 Å². The summed E-state index contributed by atoms with van der Waals surface area (Å²) in [6.07, 6.45) is 1.53. The van der Waals surface area contributed by atoms with Crippen molar-refractivity contribution < 1.29 is 19.1 Å². The highest BCUT2D eigenvalue weighted by Gasteiger charge is 2.37. The third kappa shape index (κ3) is 3.29. The number of pyridine rings is 1. The second kappa shape index (κ2) is 7.63. The summed E-state index contributed by atoms with van der Waals surface area (Å²) in [5.41, 5.74) is 2.09. The number of hydrogen-bond donors (Lipinski definition) is 2. The molecule has 158 valence electrons. The third-order valence-corrected chi connectivity index (χ3v) is 5.90. The summed E-state index contributed by atoms with van der Waals surface area (Å²) in [5.74, 6) is -1.07. The third-order valence-electron chi connectivity index (χ3n) is 5.90. The van der Waals surface area contributed by atoms with Crippen molar-refractivity contribution >= 4 is 22.7 Å². The van der Waals surface area contributed by atoms with Crippen LogP contribution in [-0.2, 0) is 13.1 Å². The molecule has 0 bridgehead atoms. The molecule has 2 aromatic carbocycles. The average Bonchev–Trinajstić information content (AvgIpc) is 3.12. The molecule has 0 unspecified atom stereocenters. The molecule has 1 aromatic heterocycles. The van der Waals surface area contributed by atoms with Crippen LogP contribution in [0.2, 0.25) is 0 Å². The number of benzene rings is 2. The minimum absolute atomic E-state index is 0.131. The van der Waals surface area contributed by atoms with Gasteiger partial charge in [0.05, 0.1) is 11.1 Å². The Kier molecular flexibility index (Phi) is 4.78. The maximum Gasteiger partial charge on any atom is 0.258 e. The number of aromatic hydroxyl groups is 1. The van der Waals surface area contributed by atoms with E-state index in [9.17, 15) is 19.1 Å². The first-order chi connectivity index (χ1) is 15.0. The fourth-order valence-electron chi connectivity index (χ4n) is 4.36. The predicted octanol–water partition coefficient (Wildman–Crippen LogP) is 2.28. The first-order valence-corrected chi connectivity index (χ1v) is 10.2. The van der Waals surface area contributed by atoms with E-state index in [-0.39, 0.29) is 47.6 Å². The zero-order valence-electron chi connectivity index (χ0n) is 16.8. The van der Waals surface area contributed by atoms with Crippen LogP contribution in [0.3, 0.4) is 0 Å². The number of hydrogen-bond acceptors (Lipinski definition) is 5. The summed E-state index contributed by atoms with van der Waals surface area (Å²) in [7, 11) is 0. The van der Waals surface area contributed by atoms with Gasteiger partial charge in [0.1, 0.15) is 11.3 Å². The van der Waals surface area contributed by atoms with Crippen molar-refractivity contribution in [2.24, 2.45) is 0 Å². The number of nitrogens with one attached hydrogen (secondary N) is 1. The van der Waals surface area contributed by atoms with E-state index < -0.39 is 0 Å². The number of fused-ring (bicyclic) bond motifs is 2. The predicted molar refractivity (Wildman–Crippen MR) is 112 cm³/mol. The zero-order chi connectivity index (χ0) is 21.5. The fraction of sp³-hybridized carbons (Fsp3) is 0.261. The van der Waals surface area contributed by atoms with Crippen LogP contribution in [0.15, 0.2) is 42.6 Å². The molecular formula is C23H21FN4O3. The highest BCUT2D eigenvalue weighted by molar-refractivity contribution is 6.15. The summed E-state index contributed by atoms with van der Waals surface area (Å²) in [6, 6.07) is 9.41. The van der Waals surface area contributed by atoms with Crippen molar-refractivity contribution in [3.8, 4) is 5.75 Å². The normalized spacial score (nSPS) is 16.1. The number of phenolic OH excluding ortho intramolecular Hbond substituents is 1. The molecule has 0 aliphatic carbocycles. The van der Waals surface area contributed by atoms with Crippen LogP contribution in [0.1, 0.15) is 31.8 Å². The Bertz CT molecular complexity index is 1190. The van der Waals surface area contributed by atoms with Crippen LogP contribution in [0.4, 0.5) is 4.39 Å². The van der Waals surface area contributed by atoms with E-state index in [1.807, 2.05) is 0 Å². The molecule has 2 aliphatic rings. The van der Waals surface area contributed by atoms with Gasteiger partial charge in [-0.3, -0.25) is 14.6 Å². The maximum absolute atomic E-state index is 13.5. The van der Waals surface area contributed by atoms with Crippen molar-refractivity contribution in [2.45, 2.75) is 13.1 Å². The standard InChI is InChI=1S/C23H21FN4O3/c24-15-5-3-14(4-6-15)12-28-13-17-18(22(30)27-10-8-25-9-11-27)16-2-1-7-26-20(16)21(29)19(17)23(28)31/h1-7,25,29H,8-13H2. The number of carbonyl (C=O) groups excluding carboxylic acids is 2. The Morgan fingerprint density at radius 1 is 1.16 bits per heavy atom. The molecule has 0 radical (unpaired) electrons. The molecule has 2 amide bonds. The second-order valence-corrected chi connectivity index (χ2v) is 7.81. The molecular weight excluding hydrogens is 399 g/mol. The molecule has 3 heterocycles. The van der Waals surface area contributed by atoms with E-state index in [1.54, 1.807) is 34.1 Å². The van der Waals surface area contributed by atoms with E-state index in [4.69, 9.17) is 0 Å². The van der Waals surface area contributed by atoms with Crippen LogP contribution >= 0.6 is 0 Å². The number of piperazine rings is 1. The Labute approximate surface area is 178 Å². The van der Waals surface area contributed by atoms with Gasteiger partial charge in [-0.05, 0) is 23.8 Å². The molecule has 31 heavy (non-hydrogen) atoms. The molecule has 3 aromatic rings. The molecule has 2 aliphatic heterocycles. The fourth-order valence-corrected chi connectivity index (χ4v) is 4.36. The van der Waals surface area contributed by atoms with E-state index >= 15 is 0 Å². The Morgan fingerprint density at radius 3 is 2.65 bits per heavy atom. The number of aromatic nitrogens is 1. The molecule has 0 atom stereocenters. The van der Waals surface area contributed by atoms with E-state index in [2.05, 4.69) is 10.3 Å². The summed E-state index contributed by atoms with van der Waals surface area (Å²) < 4.78 is 13.3. The average molecular weight is 420 g/mol. The van der Waals surface area contributed by atoms with Crippen molar-refractivity contribution in [3.63, 3.8) is 0 Å². The molecule has 1 fully saturated rings. The van der Waals surface area contributed by atoms with E-state index in [1.165, 1.54) is 18.3 Å².